The van der Waals surface area contributed by atoms with Crippen LogP contribution >= 0.6 is 11.6 Å². The molecule has 2 aromatic rings. The highest BCUT2D eigenvalue weighted by Crippen LogP contribution is 2.24. The molecule has 106 valence electrons. The number of alkyl halides is 2. The molecular formula is C14H13ClF2N2O. The van der Waals surface area contributed by atoms with Gasteiger partial charge in [0.2, 0.25) is 0 Å². The van der Waals surface area contributed by atoms with Crippen LogP contribution in [0.5, 0.6) is 5.75 Å². The zero-order valence-electron chi connectivity index (χ0n) is 10.5. The first-order valence-electron chi connectivity index (χ1n) is 5.99. The van der Waals surface area contributed by atoms with Gasteiger partial charge in [0.05, 0.1) is 5.69 Å². The minimum absolute atomic E-state index is 0.123. The van der Waals surface area contributed by atoms with Crippen LogP contribution in [0, 0.1) is 0 Å². The van der Waals surface area contributed by atoms with Crippen LogP contribution < -0.4 is 10.1 Å². The third kappa shape index (κ3) is 4.43. The third-order valence-electron chi connectivity index (χ3n) is 2.59. The molecule has 1 N–H and O–H groups in total. The van der Waals surface area contributed by atoms with Crippen molar-refractivity contribution in [3.8, 4) is 5.75 Å². The van der Waals surface area contributed by atoms with Gasteiger partial charge in [-0.3, -0.25) is 4.98 Å². The van der Waals surface area contributed by atoms with Gasteiger partial charge < -0.3 is 10.1 Å². The van der Waals surface area contributed by atoms with E-state index >= 15 is 0 Å². The molecule has 0 aliphatic carbocycles. The average molecular weight is 299 g/mol. The van der Waals surface area contributed by atoms with Crippen molar-refractivity contribution in [2.75, 3.05) is 0 Å². The van der Waals surface area contributed by atoms with Crippen molar-refractivity contribution < 1.29 is 13.5 Å². The topological polar surface area (TPSA) is 34.1 Å². The van der Waals surface area contributed by atoms with Gasteiger partial charge in [0.1, 0.15) is 5.75 Å². The predicted molar refractivity (Wildman–Crippen MR) is 72.9 cm³/mol. The second kappa shape index (κ2) is 7.17. The monoisotopic (exact) mass is 298 g/mol. The van der Waals surface area contributed by atoms with Crippen LogP contribution in [0.2, 0.25) is 5.02 Å². The van der Waals surface area contributed by atoms with E-state index in [9.17, 15) is 8.78 Å². The fourth-order valence-corrected chi connectivity index (χ4v) is 1.92. The molecule has 6 heteroatoms. The Morgan fingerprint density at radius 3 is 2.75 bits per heavy atom. The standard InChI is InChI=1S/C14H13ClF2N2O/c15-11-4-5-13(20-14(16)17)10(7-11)8-18-9-12-3-1-2-6-19-12/h1-7,14,18H,8-9H2. The molecule has 0 spiro atoms. The van der Waals surface area contributed by atoms with Gasteiger partial charge in [0.25, 0.3) is 0 Å². The van der Waals surface area contributed by atoms with Crippen molar-refractivity contribution in [1.82, 2.24) is 10.3 Å². The summed E-state index contributed by atoms with van der Waals surface area (Å²) in [6.07, 6.45) is 1.70. The maximum absolute atomic E-state index is 12.3. The van der Waals surface area contributed by atoms with Crippen LogP contribution in [-0.2, 0) is 13.1 Å². The quantitative estimate of drug-likeness (QED) is 0.884. The molecular weight excluding hydrogens is 286 g/mol. The molecule has 1 aromatic heterocycles. The van der Waals surface area contributed by atoms with Crippen LogP contribution in [0.25, 0.3) is 0 Å². The lowest BCUT2D eigenvalue weighted by Gasteiger charge is -2.11. The summed E-state index contributed by atoms with van der Waals surface area (Å²) in [5.41, 5.74) is 1.44. The number of nitrogens with one attached hydrogen (secondary N) is 1. The van der Waals surface area contributed by atoms with Gasteiger partial charge >= 0.3 is 6.61 Å². The molecule has 0 saturated carbocycles. The van der Waals surface area contributed by atoms with Crippen LogP contribution in [0.15, 0.2) is 42.6 Å². The highest BCUT2D eigenvalue weighted by atomic mass is 35.5. The number of hydrogen-bond acceptors (Lipinski definition) is 3. The second-order valence-electron chi connectivity index (χ2n) is 4.06. The van der Waals surface area contributed by atoms with E-state index in [-0.39, 0.29) is 5.75 Å². The summed E-state index contributed by atoms with van der Waals surface area (Å²) in [5, 5.41) is 3.59. The highest BCUT2D eigenvalue weighted by Gasteiger charge is 2.10. The van der Waals surface area contributed by atoms with Gasteiger partial charge in [-0.1, -0.05) is 17.7 Å². The Hall–Kier alpha value is -1.72. The van der Waals surface area contributed by atoms with Crippen molar-refractivity contribution in [3.05, 3.63) is 58.9 Å². The van der Waals surface area contributed by atoms with Crippen molar-refractivity contribution in [2.24, 2.45) is 0 Å². The zero-order chi connectivity index (χ0) is 14.4. The van der Waals surface area contributed by atoms with E-state index in [0.29, 0.717) is 23.7 Å². The minimum atomic E-state index is -2.86. The minimum Gasteiger partial charge on any atom is -0.434 e. The number of benzene rings is 1. The largest absolute Gasteiger partial charge is 0.434 e. The maximum Gasteiger partial charge on any atom is 0.387 e. The zero-order valence-corrected chi connectivity index (χ0v) is 11.3. The van der Waals surface area contributed by atoms with Crippen LogP contribution in [0.4, 0.5) is 8.78 Å². The van der Waals surface area contributed by atoms with Crippen molar-refractivity contribution in [2.45, 2.75) is 19.7 Å². The summed E-state index contributed by atoms with van der Waals surface area (Å²) in [6.45, 7) is -1.97. The van der Waals surface area contributed by atoms with E-state index in [4.69, 9.17) is 11.6 Å². The molecule has 20 heavy (non-hydrogen) atoms. The fourth-order valence-electron chi connectivity index (χ4n) is 1.73. The second-order valence-corrected chi connectivity index (χ2v) is 4.49. The van der Waals surface area contributed by atoms with Gasteiger partial charge in [-0.25, -0.2) is 0 Å². The molecule has 0 atom stereocenters. The molecule has 0 aliphatic heterocycles. The summed E-state index contributed by atoms with van der Waals surface area (Å²) in [6, 6.07) is 10.1. The number of hydrogen-bond donors (Lipinski definition) is 1. The van der Waals surface area contributed by atoms with Gasteiger partial charge in [-0.2, -0.15) is 8.78 Å². The molecule has 1 heterocycles. The average Bonchev–Trinajstić information content (AvgIpc) is 2.42. The summed E-state index contributed by atoms with van der Waals surface area (Å²) < 4.78 is 29.1. The van der Waals surface area contributed by atoms with Crippen molar-refractivity contribution >= 4 is 11.6 Å². The molecule has 1 aromatic carbocycles. The Bertz CT molecular complexity index is 552. The molecule has 0 fully saturated rings. The molecule has 0 unspecified atom stereocenters. The first-order valence-corrected chi connectivity index (χ1v) is 6.37. The Morgan fingerprint density at radius 1 is 1.20 bits per heavy atom. The van der Waals surface area contributed by atoms with Gasteiger partial charge in [-0.15, -0.1) is 0 Å². The summed E-state index contributed by atoms with van der Waals surface area (Å²) >= 11 is 5.87. The van der Waals surface area contributed by atoms with E-state index in [1.165, 1.54) is 12.1 Å². The molecule has 2 rings (SSSR count). The van der Waals surface area contributed by atoms with Gasteiger partial charge in [-0.05, 0) is 30.3 Å². The van der Waals surface area contributed by atoms with E-state index < -0.39 is 6.61 Å². The van der Waals surface area contributed by atoms with Gasteiger partial charge in [0.15, 0.2) is 0 Å². The first kappa shape index (κ1) is 14.7. The maximum atomic E-state index is 12.3. The van der Waals surface area contributed by atoms with Crippen LogP contribution in [0.1, 0.15) is 11.3 Å². The van der Waals surface area contributed by atoms with Gasteiger partial charge in [0, 0.05) is 29.9 Å². The SMILES string of the molecule is FC(F)Oc1ccc(Cl)cc1CNCc1ccccn1. The smallest absolute Gasteiger partial charge is 0.387 e. The lowest BCUT2D eigenvalue weighted by molar-refractivity contribution is -0.0505. The first-order chi connectivity index (χ1) is 9.65. The summed E-state index contributed by atoms with van der Waals surface area (Å²) in [5.74, 6) is 0.123. The lowest BCUT2D eigenvalue weighted by atomic mass is 10.2. The number of nitrogens with zero attached hydrogens (tertiary/aromatic N) is 1. The fraction of sp³-hybridized carbons (Fsp3) is 0.214. The molecule has 0 saturated heterocycles. The molecule has 0 bridgehead atoms. The van der Waals surface area contributed by atoms with Crippen molar-refractivity contribution in [1.29, 1.82) is 0 Å². The number of rotatable bonds is 6. The number of halogens is 3. The summed E-state index contributed by atoms with van der Waals surface area (Å²) in [4.78, 5) is 4.16. The third-order valence-corrected chi connectivity index (χ3v) is 2.82. The van der Waals surface area contributed by atoms with Crippen LogP contribution in [-0.4, -0.2) is 11.6 Å². The highest BCUT2D eigenvalue weighted by molar-refractivity contribution is 6.30. The van der Waals surface area contributed by atoms with E-state index in [0.717, 1.165) is 5.69 Å². The van der Waals surface area contributed by atoms with E-state index in [1.54, 1.807) is 12.3 Å². The normalized spacial score (nSPS) is 10.8. The Balaban J connectivity index is 1.99. The predicted octanol–water partition coefficient (Wildman–Crippen LogP) is 3.63. The lowest BCUT2D eigenvalue weighted by Crippen LogP contribution is -2.15. The number of aromatic nitrogens is 1. The molecule has 3 nitrogen and oxygen atoms in total. The molecule has 0 radical (unpaired) electrons. The number of pyridine rings is 1. The Labute approximate surface area is 120 Å². The Kier molecular flexibility index (Phi) is 5.26. The van der Waals surface area contributed by atoms with E-state index in [2.05, 4.69) is 15.0 Å². The van der Waals surface area contributed by atoms with Crippen molar-refractivity contribution in [3.63, 3.8) is 0 Å². The molecule has 0 amide bonds. The molecule has 0 aliphatic rings. The number of ether oxygens (including phenoxy) is 1. The van der Waals surface area contributed by atoms with Crippen LogP contribution in [0.3, 0.4) is 0 Å². The Morgan fingerprint density at radius 2 is 2.05 bits per heavy atom. The summed E-state index contributed by atoms with van der Waals surface area (Å²) in [7, 11) is 0. The van der Waals surface area contributed by atoms with E-state index in [1.807, 2.05) is 18.2 Å².